The normalized spacial score (nSPS) is 14.7. The first kappa shape index (κ1) is 13.2. The smallest absolute Gasteiger partial charge is 0.270 e. The van der Waals surface area contributed by atoms with Gasteiger partial charge in [-0.3, -0.25) is 19.3 Å². The molecular formula is C13H9ClN2O3. The number of benzene rings is 1. The fourth-order valence-corrected chi connectivity index (χ4v) is 1.70. The maximum absolute atomic E-state index is 12.1. The lowest BCUT2D eigenvalue weighted by Crippen LogP contribution is -2.40. The lowest BCUT2D eigenvalue weighted by molar-refractivity contribution is -0.129. The number of carbonyl (C=O) groups is 3. The van der Waals surface area contributed by atoms with Crippen molar-refractivity contribution in [2.45, 2.75) is 0 Å². The summed E-state index contributed by atoms with van der Waals surface area (Å²) < 4.78 is 0. The lowest BCUT2D eigenvalue weighted by Gasteiger charge is -2.22. The predicted molar refractivity (Wildman–Crippen MR) is 70.1 cm³/mol. The van der Waals surface area contributed by atoms with Crippen LogP contribution in [0.15, 0.2) is 41.5 Å². The van der Waals surface area contributed by atoms with Gasteiger partial charge >= 0.3 is 0 Å². The largest absolute Gasteiger partial charge is 0.295 e. The Bertz CT molecular complexity index is 605. The van der Waals surface area contributed by atoms with E-state index in [1.807, 2.05) is 0 Å². The monoisotopic (exact) mass is 276 g/mol. The minimum atomic E-state index is -0.535. The Hall–Kier alpha value is -2.27. The number of rotatable bonds is 3. The second-order valence-corrected chi connectivity index (χ2v) is 4.30. The van der Waals surface area contributed by atoms with E-state index in [0.717, 1.165) is 11.1 Å². The molecule has 0 spiro atoms. The zero-order valence-electron chi connectivity index (χ0n) is 9.80. The van der Waals surface area contributed by atoms with Crippen LogP contribution in [0.5, 0.6) is 0 Å². The van der Waals surface area contributed by atoms with Gasteiger partial charge in [0.2, 0.25) is 5.78 Å². The molecule has 0 aliphatic carbocycles. The van der Waals surface area contributed by atoms with Crippen LogP contribution in [-0.2, 0) is 9.59 Å². The minimum absolute atomic E-state index is 0.0631. The van der Waals surface area contributed by atoms with Crippen LogP contribution in [0.25, 0.3) is 0 Å². The highest BCUT2D eigenvalue weighted by molar-refractivity contribution is 6.32. The van der Waals surface area contributed by atoms with Crippen molar-refractivity contribution in [1.29, 1.82) is 0 Å². The van der Waals surface area contributed by atoms with Crippen LogP contribution < -0.4 is 0 Å². The fourth-order valence-electron chi connectivity index (χ4n) is 1.57. The molecule has 1 aromatic rings. The highest BCUT2D eigenvalue weighted by Gasteiger charge is 2.26. The van der Waals surface area contributed by atoms with Crippen LogP contribution in [0.1, 0.15) is 10.4 Å². The number of amides is 2. The molecule has 5 nitrogen and oxygen atoms in total. The standard InChI is InChI=1S/C13H9ClN2O3/c1-8(16-7-11(17)15-6-12(16)18)13(19)9-2-4-10(14)5-3-9/h2-6H,1,7H2. The maximum Gasteiger partial charge on any atom is 0.270 e. The van der Waals surface area contributed by atoms with Crippen molar-refractivity contribution in [3.8, 4) is 0 Å². The Kier molecular flexibility index (Phi) is 3.57. The van der Waals surface area contributed by atoms with Gasteiger partial charge in [-0.15, -0.1) is 0 Å². The van der Waals surface area contributed by atoms with E-state index in [1.54, 1.807) is 12.1 Å². The molecule has 0 saturated heterocycles. The second-order valence-electron chi connectivity index (χ2n) is 3.86. The number of nitrogens with zero attached hydrogens (tertiary/aromatic N) is 2. The van der Waals surface area contributed by atoms with Gasteiger partial charge < -0.3 is 0 Å². The molecule has 1 aromatic carbocycles. The van der Waals surface area contributed by atoms with E-state index < -0.39 is 17.6 Å². The third kappa shape index (κ3) is 2.77. The van der Waals surface area contributed by atoms with Gasteiger partial charge in [0.15, 0.2) is 0 Å². The summed E-state index contributed by atoms with van der Waals surface area (Å²) in [5, 5.41) is 0.499. The van der Waals surface area contributed by atoms with Crippen LogP contribution in [0, 0.1) is 0 Å². The molecule has 0 bridgehead atoms. The molecule has 0 saturated carbocycles. The zero-order chi connectivity index (χ0) is 14.0. The topological polar surface area (TPSA) is 66.8 Å². The third-order valence-corrected chi connectivity index (χ3v) is 2.82. The number of hydrogen-bond acceptors (Lipinski definition) is 3. The maximum atomic E-state index is 12.1. The van der Waals surface area contributed by atoms with Gasteiger partial charge in [0, 0.05) is 10.6 Å². The van der Waals surface area contributed by atoms with E-state index >= 15 is 0 Å². The van der Waals surface area contributed by atoms with Crippen LogP contribution in [0.2, 0.25) is 5.02 Å². The van der Waals surface area contributed by atoms with Gasteiger partial charge in [-0.1, -0.05) is 18.2 Å². The quantitative estimate of drug-likeness (QED) is 0.620. The summed E-state index contributed by atoms with van der Waals surface area (Å²) >= 11 is 5.73. The molecule has 19 heavy (non-hydrogen) atoms. The van der Waals surface area contributed by atoms with E-state index in [-0.39, 0.29) is 12.2 Å². The minimum Gasteiger partial charge on any atom is -0.295 e. The highest BCUT2D eigenvalue weighted by atomic mass is 35.5. The van der Waals surface area contributed by atoms with E-state index in [2.05, 4.69) is 11.6 Å². The molecule has 1 aliphatic rings. The third-order valence-electron chi connectivity index (χ3n) is 2.57. The van der Waals surface area contributed by atoms with E-state index in [0.29, 0.717) is 10.6 Å². The SMILES string of the molecule is C=C(C(=O)c1ccc(Cl)cc1)N1CC(=O)N=CC1=O. The van der Waals surface area contributed by atoms with Crippen molar-refractivity contribution < 1.29 is 14.4 Å². The first-order valence-corrected chi connectivity index (χ1v) is 5.74. The van der Waals surface area contributed by atoms with Crippen molar-refractivity contribution in [3.63, 3.8) is 0 Å². The number of ketones is 1. The molecule has 0 atom stereocenters. The summed E-state index contributed by atoms with van der Waals surface area (Å²) in [6.07, 6.45) is 0.881. The van der Waals surface area contributed by atoms with Gasteiger partial charge in [0.25, 0.3) is 11.8 Å². The summed E-state index contributed by atoms with van der Waals surface area (Å²) in [4.78, 5) is 39.2. The van der Waals surface area contributed by atoms with Crippen molar-refractivity contribution in [2.24, 2.45) is 4.99 Å². The van der Waals surface area contributed by atoms with Crippen molar-refractivity contribution in [2.75, 3.05) is 6.54 Å². The Labute approximate surface area is 114 Å². The average molecular weight is 277 g/mol. The highest BCUT2D eigenvalue weighted by Crippen LogP contribution is 2.15. The number of Topliss-reactive ketones (excluding diaryl/α,β-unsaturated/α-hetero) is 1. The molecule has 2 amide bonds. The molecule has 1 heterocycles. The molecule has 0 aromatic heterocycles. The van der Waals surface area contributed by atoms with E-state index in [4.69, 9.17) is 11.6 Å². The molecule has 0 unspecified atom stereocenters. The average Bonchev–Trinajstić information content (AvgIpc) is 2.41. The molecule has 1 aliphatic heterocycles. The summed E-state index contributed by atoms with van der Waals surface area (Å²) in [6.45, 7) is 3.30. The van der Waals surface area contributed by atoms with E-state index in [9.17, 15) is 14.4 Å². The number of allylic oxidation sites excluding steroid dienone is 1. The number of aliphatic imine (C=N–C) groups is 1. The van der Waals surface area contributed by atoms with Gasteiger partial charge in [-0.25, -0.2) is 4.99 Å². The Morgan fingerprint density at radius 2 is 1.89 bits per heavy atom. The van der Waals surface area contributed by atoms with Crippen LogP contribution in [0.4, 0.5) is 0 Å². The summed E-state index contributed by atoms with van der Waals surface area (Å²) in [6, 6.07) is 6.18. The second kappa shape index (κ2) is 5.16. The molecule has 0 radical (unpaired) electrons. The molecule has 6 heteroatoms. The molecule has 96 valence electrons. The first-order chi connectivity index (χ1) is 8.99. The zero-order valence-corrected chi connectivity index (χ0v) is 10.6. The Balaban J connectivity index is 2.22. The van der Waals surface area contributed by atoms with Crippen LogP contribution in [-0.4, -0.2) is 35.3 Å². The van der Waals surface area contributed by atoms with Gasteiger partial charge in [-0.05, 0) is 24.3 Å². The number of carbonyl (C=O) groups excluding carboxylic acids is 3. The van der Waals surface area contributed by atoms with Crippen LogP contribution in [0.3, 0.4) is 0 Å². The molecule has 2 rings (SSSR count). The van der Waals surface area contributed by atoms with Crippen molar-refractivity contribution in [3.05, 3.63) is 47.1 Å². The van der Waals surface area contributed by atoms with Gasteiger partial charge in [0.1, 0.15) is 6.54 Å². The van der Waals surface area contributed by atoms with Crippen LogP contribution >= 0.6 is 11.6 Å². The van der Waals surface area contributed by atoms with Gasteiger partial charge in [-0.2, -0.15) is 0 Å². The van der Waals surface area contributed by atoms with E-state index in [1.165, 1.54) is 12.1 Å². The Morgan fingerprint density at radius 1 is 1.26 bits per heavy atom. The van der Waals surface area contributed by atoms with Crippen molar-refractivity contribution >= 4 is 35.4 Å². The summed E-state index contributed by atoms with van der Waals surface area (Å²) in [5.74, 6) is -1.47. The molecule has 0 N–H and O–H groups in total. The summed E-state index contributed by atoms with van der Waals surface area (Å²) in [7, 11) is 0. The predicted octanol–water partition coefficient (Wildman–Crippen LogP) is 1.48. The summed E-state index contributed by atoms with van der Waals surface area (Å²) in [5.41, 5.74) is 0.281. The lowest BCUT2D eigenvalue weighted by atomic mass is 10.1. The fraction of sp³-hybridized carbons (Fsp3) is 0.0769. The number of hydrogen-bond donors (Lipinski definition) is 0. The van der Waals surface area contributed by atoms with Gasteiger partial charge in [0.05, 0.1) is 11.9 Å². The number of halogens is 1. The first-order valence-electron chi connectivity index (χ1n) is 5.36. The molecule has 0 fully saturated rings. The molecular weight excluding hydrogens is 268 g/mol. The Morgan fingerprint density at radius 3 is 2.53 bits per heavy atom. The van der Waals surface area contributed by atoms with Crippen molar-refractivity contribution in [1.82, 2.24) is 4.90 Å².